The molecule has 0 aromatic heterocycles. The number of rotatable bonds is 6. The second-order valence-corrected chi connectivity index (χ2v) is 11.0. The van der Waals surface area contributed by atoms with Gasteiger partial charge in [-0.15, -0.1) is 0 Å². The summed E-state index contributed by atoms with van der Waals surface area (Å²) >= 11 is 0. The van der Waals surface area contributed by atoms with Crippen LogP contribution in [0.4, 0.5) is 18.9 Å². The van der Waals surface area contributed by atoms with E-state index in [4.69, 9.17) is 5.73 Å². The number of fused-ring (bicyclic) bond motifs is 3. The van der Waals surface area contributed by atoms with Crippen molar-refractivity contribution >= 4 is 23.2 Å². The molecular formula is C29H28F3N3O7. The molecule has 0 spiro atoms. The van der Waals surface area contributed by atoms with Crippen LogP contribution in [-0.2, 0) is 29.1 Å². The summed E-state index contributed by atoms with van der Waals surface area (Å²) < 4.78 is 40.5. The number of phenolic OH excluding ortho intramolecular Hbond substituents is 1. The molecule has 3 aliphatic carbocycles. The number of aliphatic hydroxyl groups is 3. The van der Waals surface area contributed by atoms with Gasteiger partial charge < -0.3 is 36.4 Å². The molecule has 1 amide bonds. The summed E-state index contributed by atoms with van der Waals surface area (Å²) in [5.74, 6) is -11.5. The number of allylic oxidation sites excluding steroid dienone is 2. The Hall–Kier alpha value is -4.36. The van der Waals surface area contributed by atoms with Crippen LogP contribution in [0, 0.1) is 29.3 Å². The van der Waals surface area contributed by atoms with E-state index in [1.54, 1.807) is 25.1 Å². The van der Waals surface area contributed by atoms with E-state index >= 15 is 0 Å². The van der Waals surface area contributed by atoms with Crippen LogP contribution in [0.5, 0.6) is 5.75 Å². The standard InChI is InChI=1S/C29H28F3N3O7/c1-35(2)18-7-13(10-34-9-11-3-16(30)23(32)17(31)4-11)24(37)21-15(18)6-12-5-14-8-19(36)22(28(33)41)27(40)29(14,42)26(39)20(12)25(21)38/h3-4,7,12,14,34,36-37,39,42H,5-6,8-10H2,1-2H3,(H2,33,41)/t12-,14+,29+/m1/s1. The molecule has 7 N–H and O–H groups in total. The molecule has 2 aromatic carbocycles. The van der Waals surface area contributed by atoms with Crippen molar-refractivity contribution in [2.75, 3.05) is 19.0 Å². The molecule has 13 heteroatoms. The van der Waals surface area contributed by atoms with E-state index in [-0.39, 0.29) is 54.6 Å². The summed E-state index contributed by atoms with van der Waals surface area (Å²) in [6.45, 7) is -0.193. The molecule has 5 rings (SSSR count). The second-order valence-electron chi connectivity index (χ2n) is 11.0. The molecule has 222 valence electrons. The van der Waals surface area contributed by atoms with Crippen LogP contribution in [0.1, 0.15) is 39.9 Å². The Balaban J connectivity index is 1.54. The van der Waals surface area contributed by atoms with Gasteiger partial charge in [-0.05, 0) is 48.1 Å². The molecule has 0 saturated heterocycles. The number of carbonyl (C=O) groups is 3. The normalized spacial score (nSPS) is 23.5. The van der Waals surface area contributed by atoms with Crippen LogP contribution in [0.15, 0.2) is 40.9 Å². The number of nitrogens with two attached hydrogens (primary N) is 1. The van der Waals surface area contributed by atoms with Gasteiger partial charge in [-0.3, -0.25) is 14.4 Å². The Morgan fingerprint density at radius 2 is 1.71 bits per heavy atom. The van der Waals surface area contributed by atoms with Crippen LogP contribution in [0.25, 0.3) is 0 Å². The SMILES string of the molecule is CN(C)c1cc(CNCc2cc(F)c(F)c(F)c2)c(O)c2c1C[C@H]1C[C@H]3CC(O)=C(C(N)=O)C(=O)[C@@]3(O)C(O)=C1C2=O. The molecule has 3 atom stereocenters. The lowest BCUT2D eigenvalue weighted by molar-refractivity contribution is -0.144. The van der Waals surface area contributed by atoms with Gasteiger partial charge in [-0.25, -0.2) is 13.2 Å². The molecule has 0 saturated carbocycles. The number of amides is 1. The predicted molar refractivity (Wildman–Crippen MR) is 142 cm³/mol. The third kappa shape index (κ3) is 4.31. The summed E-state index contributed by atoms with van der Waals surface area (Å²) in [5, 5.41) is 47.0. The Labute approximate surface area is 237 Å². The van der Waals surface area contributed by atoms with E-state index in [1.807, 2.05) is 0 Å². The fourth-order valence-electron chi connectivity index (χ4n) is 6.31. The van der Waals surface area contributed by atoms with Gasteiger partial charge in [0, 0.05) is 56.3 Å². The summed E-state index contributed by atoms with van der Waals surface area (Å²) in [6.07, 6.45) is -0.185. The van der Waals surface area contributed by atoms with Crippen molar-refractivity contribution in [2.45, 2.75) is 38.0 Å². The average Bonchev–Trinajstić information content (AvgIpc) is 2.90. The highest BCUT2D eigenvalue weighted by atomic mass is 19.2. The summed E-state index contributed by atoms with van der Waals surface area (Å²) in [6, 6.07) is 3.29. The van der Waals surface area contributed by atoms with E-state index in [0.717, 1.165) is 12.1 Å². The van der Waals surface area contributed by atoms with Crippen molar-refractivity contribution in [3.63, 3.8) is 0 Å². The predicted octanol–water partition coefficient (Wildman–Crippen LogP) is 2.35. The number of ketones is 2. The number of aromatic hydroxyl groups is 1. The highest BCUT2D eigenvalue weighted by Crippen LogP contribution is 2.52. The first-order chi connectivity index (χ1) is 19.7. The first-order valence-corrected chi connectivity index (χ1v) is 13.0. The minimum Gasteiger partial charge on any atom is -0.511 e. The number of aliphatic hydroxyl groups excluding tert-OH is 2. The van der Waals surface area contributed by atoms with Crippen molar-refractivity contribution in [2.24, 2.45) is 17.6 Å². The Morgan fingerprint density at radius 1 is 1.07 bits per heavy atom. The number of carbonyl (C=O) groups excluding carboxylic acids is 3. The van der Waals surface area contributed by atoms with Gasteiger partial charge in [0.25, 0.3) is 5.91 Å². The van der Waals surface area contributed by atoms with Gasteiger partial charge in [-0.1, -0.05) is 0 Å². The average molecular weight is 588 g/mol. The zero-order chi connectivity index (χ0) is 30.8. The van der Waals surface area contributed by atoms with Crippen LogP contribution in [0.2, 0.25) is 0 Å². The van der Waals surface area contributed by atoms with Gasteiger partial charge in [-0.2, -0.15) is 0 Å². The third-order valence-corrected chi connectivity index (χ3v) is 8.29. The van der Waals surface area contributed by atoms with Crippen LogP contribution in [0.3, 0.4) is 0 Å². The second kappa shape index (κ2) is 10.2. The zero-order valence-corrected chi connectivity index (χ0v) is 22.6. The number of benzene rings is 2. The zero-order valence-electron chi connectivity index (χ0n) is 22.6. The van der Waals surface area contributed by atoms with E-state index in [0.29, 0.717) is 11.3 Å². The highest BCUT2D eigenvalue weighted by Gasteiger charge is 2.59. The molecule has 0 fully saturated rings. The van der Waals surface area contributed by atoms with Gasteiger partial charge in [0.15, 0.2) is 28.8 Å². The fraction of sp³-hybridized carbons (Fsp3) is 0.345. The van der Waals surface area contributed by atoms with Crippen LogP contribution < -0.4 is 16.0 Å². The molecule has 0 heterocycles. The van der Waals surface area contributed by atoms with Gasteiger partial charge in [0.2, 0.25) is 5.78 Å². The lowest BCUT2D eigenvalue weighted by Crippen LogP contribution is -2.57. The third-order valence-electron chi connectivity index (χ3n) is 8.29. The van der Waals surface area contributed by atoms with Gasteiger partial charge in [0.05, 0.1) is 5.56 Å². The molecule has 0 bridgehead atoms. The smallest absolute Gasteiger partial charge is 0.255 e. The van der Waals surface area contributed by atoms with E-state index in [2.05, 4.69) is 5.32 Å². The number of halogens is 3. The summed E-state index contributed by atoms with van der Waals surface area (Å²) in [5.41, 5.74) is 2.59. The van der Waals surface area contributed by atoms with E-state index < -0.39 is 75.2 Å². The molecular weight excluding hydrogens is 559 g/mol. The number of nitrogens with one attached hydrogen (secondary N) is 1. The number of Topliss-reactive ketones (excluding diaryl/α,β-unsaturated/α-hetero) is 2. The maximum absolute atomic E-state index is 13.9. The fourth-order valence-corrected chi connectivity index (χ4v) is 6.31. The van der Waals surface area contributed by atoms with Crippen LogP contribution in [-0.4, -0.2) is 57.6 Å². The molecule has 0 unspecified atom stereocenters. The maximum atomic E-state index is 13.9. The molecule has 3 aliphatic rings. The number of nitrogens with zero attached hydrogens (tertiary/aromatic N) is 1. The first-order valence-electron chi connectivity index (χ1n) is 13.0. The Kier molecular flexibility index (Phi) is 7.06. The maximum Gasteiger partial charge on any atom is 0.255 e. The lowest BCUT2D eigenvalue weighted by atomic mass is 9.60. The summed E-state index contributed by atoms with van der Waals surface area (Å²) in [7, 11) is 3.43. The molecule has 42 heavy (non-hydrogen) atoms. The van der Waals surface area contributed by atoms with Crippen molar-refractivity contribution in [1.29, 1.82) is 0 Å². The van der Waals surface area contributed by atoms with Crippen molar-refractivity contribution < 1.29 is 48.0 Å². The monoisotopic (exact) mass is 587 g/mol. The Morgan fingerprint density at radius 3 is 2.31 bits per heavy atom. The molecule has 0 aliphatic heterocycles. The number of phenols is 1. The minimum absolute atomic E-state index is 0.00460. The molecule has 2 aromatic rings. The van der Waals surface area contributed by atoms with Gasteiger partial charge in [0.1, 0.15) is 22.8 Å². The number of anilines is 1. The quantitative estimate of drug-likeness (QED) is 0.219. The minimum atomic E-state index is -2.67. The van der Waals surface area contributed by atoms with E-state index in [1.165, 1.54) is 0 Å². The highest BCUT2D eigenvalue weighted by molar-refractivity contribution is 6.24. The molecule has 0 radical (unpaired) electrons. The van der Waals surface area contributed by atoms with Crippen LogP contribution >= 0.6 is 0 Å². The van der Waals surface area contributed by atoms with Crippen molar-refractivity contribution in [3.8, 4) is 5.75 Å². The van der Waals surface area contributed by atoms with E-state index in [9.17, 15) is 48.0 Å². The number of hydrogen-bond acceptors (Lipinski definition) is 9. The molecule has 10 nitrogen and oxygen atoms in total. The van der Waals surface area contributed by atoms with Crippen molar-refractivity contribution in [3.05, 3.63) is 80.6 Å². The number of hydrogen-bond donors (Lipinski definition) is 6. The first kappa shape index (κ1) is 29.1. The van der Waals surface area contributed by atoms with Gasteiger partial charge >= 0.3 is 0 Å². The summed E-state index contributed by atoms with van der Waals surface area (Å²) in [4.78, 5) is 40.6. The largest absolute Gasteiger partial charge is 0.511 e. The Bertz CT molecular complexity index is 1610. The van der Waals surface area contributed by atoms with Crippen molar-refractivity contribution in [1.82, 2.24) is 5.32 Å². The number of primary amides is 1. The topological polar surface area (TPSA) is 173 Å². The lowest BCUT2D eigenvalue weighted by Gasteiger charge is -2.46.